The van der Waals surface area contributed by atoms with Gasteiger partial charge in [-0.2, -0.15) is 5.10 Å². The van der Waals surface area contributed by atoms with Gasteiger partial charge in [-0.3, -0.25) is 5.10 Å². The highest BCUT2D eigenvalue weighted by Gasteiger charge is 2.62. The van der Waals surface area contributed by atoms with E-state index in [4.69, 9.17) is 23.2 Å². The number of amides is 2. The summed E-state index contributed by atoms with van der Waals surface area (Å²) >= 11 is 12.2. The highest BCUT2D eigenvalue weighted by atomic mass is 35.5. The Bertz CT molecular complexity index is 1070. The largest absolute Gasteiger partial charge is 0.385 e. The minimum absolute atomic E-state index is 0.0680. The van der Waals surface area contributed by atoms with E-state index in [1.165, 1.54) is 0 Å². The van der Waals surface area contributed by atoms with Crippen molar-refractivity contribution < 1.29 is 9.90 Å². The molecule has 2 aliphatic carbocycles. The average Bonchev–Trinajstić information content (AvgIpc) is 3.01. The maximum absolute atomic E-state index is 12.3. The summed E-state index contributed by atoms with van der Waals surface area (Å²) in [7, 11) is 0. The van der Waals surface area contributed by atoms with Gasteiger partial charge in [-0.1, -0.05) is 29.3 Å². The smallest absolute Gasteiger partial charge is 0.319 e. The van der Waals surface area contributed by atoms with Gasteiger partial charge < -0.3 is 15.7 Å². The normalized spacial score (nSPS) is 28.2. The van der Waals surface area contributed by atoms with Crippen LogP contribution in [0.3, 0.4) is 0 Å². The lowest BCUT2D eigenvalue weighted by atomic mass is 9.86. The maximum atomic E-state index is 12.3. The van der Waals surface area contributed by atoms with E-state index in [2.05, 4.69) is 20.8 Å². The van der Waals surface area contributed by atoms with Crippen LogP contribution in [-0.4, -0.2) is 27.4 Å². The molecule has 6 nitrogen and oxygen atoms in total. The fraction of sp³-hybridized carbons (Fsp3) is 0.300. The van der Waals surface area contributed by atoms with Crippen LogP contribution in [-0.2, 0) is 5.60 Å². The number of rotatable bonds is 3. The summed E-state index contributed by atoms with van der Waals surface area (Å²) < 4.78 is 0. The van der Waals surface area contributed by atoms with Gasteiger partial charge in [0.1, 0.15) is 0 Å². The molecule has 4 atom stereocenters. The number of nitrogens with zero attached hydrogens (tertiary/aromatic N) is 1. The highest BCUT2D eigenvalue weighted by Crippen LogP contribution is 2.60. The van der Waals surface area contributed by atoms with Crippen molar-refractivity contribution in [2.24, 2.45) is 11.8 Å². The first-order valence-electron chi connectivity index (χ1n) is 9.11. The first-order valence-corrected chi connectivity index (χ1v) is 9.87. The second-order valence-electron chi connectivity index (χ2n) is 7.69. The molecule has 5 rings (SSSR count). The molecule has 0 bridgehead atoms. The van der Waals surface area contributed by atoms with Gasteiger partial charge in [-0.05, 0) is 60.6 Å². The molecule has 2 saturated carbocycles. The van der Waals surface area contributed by atoms with Crippen LogP contribution in [0.5, 0.6) is 0 Å². The molecule has 1 heterocycles. The molecular formula is C20H18Cl2N4O2. The van der Waals surface area contributed by atoms with Crippen molar-refractivity contribution in [1.82, 2.24) is 15.5 Å². The minimum Gasteiger partial charge on any atom is -0.385 e. The van der Waals surface area contributed by atoms with Gasteiger partial charge >= 0.3 is 6.03 Å². The second-order valence-corrected chi connectivity index (χ2v) is 8.56. The molecule has 2 amide bonds. The first-order chi connectivity index (χ1) is 13.4. The zero-order chi connectivity index (χ0) is 19.5. The third kappa shape index (κ3) is 3.02. The Morgan fingerprint density at radius 1 is 1.18 bits per heavy atom. The monoisotopic (exact) mass is 416 g/mol. The number of carbonyl (C=O) groups excluding carboxylic acids is 1. The van der Waals surface area contributed by atoms with E-state index in [1.54, 1.807) is 36.5 Å². The molecule has 0 aliphatic heterocycles. The van der Waals surface area contributed by atoms with Crippen LogP contribution in [0.1, 0.15) is 18.4 Å². The van der Waals surface area contributed by atoms with Gasteiger partial charge in [-0.25, -0.2) is 4.79 Å². The summed E-state index contributed by atoms with van der Waals surface area (Å²) in [6.45, 7) is 0. The molecule has 144 valence electrons. The molecule has 2 aliphatic rings. The fourth-order valence-electron chi connectivity index (χ4n) is 4.58. The number of aromatic nitrogens is 2. The molecule has 8 heteroatoms. The topological polar surface area (TPSA) is 90.0 Å². The lowest BCUT2D eigenvalue weighted by Gasteiger charge is -2.27. The molecule has 1 aromatic heterocycles. The van der Waals surface area contributed by atoms with E-state index < -0.39 is 5.60 Å². The molecule has 2 fully saturated rings. The molecule has 2 unspecified atom stereocenters. The van der Waals surface area contributed by atoms with Gasteiger partial charge in [0.2, 0.25) is 0 Å². The van der Waals surface area contributed by atoms with Gasteiger partial charge in [0.15, 0.2) is 0 Å². The molecule has 0 radical (unpaired) electrons. The Morgan fingerprint density at radius 3 is 2.71 bits per heavy atom. The Labute approximate surface area is 171 Å². The van der Waals surface area contributed by atoms with Crippen molar-refractivity contribution in [3.63, 3.8) is 0 Å². The summed E-state index contributed by atoms with van der Waals surface area (Å²) in [5.41, 5.74) is 1.31. The number of halogens is 2. The van der Waals surface area contributed by atoms with Gasteiger partial charge in [-0.15, -0.1) is 0 Å². The average molecular weight is 417 g/mol. The van der Waals surface area contributed by atoms with Crippen LogP contribution in [0, 0.1) is 11.8 Å². The summed E-state index contributed by atoms with van der Waals surface area (Å²) in [6, 6.07) is 10.4. The number of hydrogen-bond acceptors (Lipinski definition) is 3. The van der Waals surface area contributed by atoms with Crippen molar-refractivity contribution in [1.29, 1.82) is 0 Å². The standard InChI is InChI=1S/C20H18Cl2N4O2/c21-10-2-1-3-12(4-10)24-19(27)25-18-13-7-20(28,8-14(13)18)16-5-11(22)6-17-15(16)9-23-26-17/h1-6,9,13-14,18,28H,7-8H2,(H,23,26)(H2,24,25,27)/t13-,14+,18?,20?. The van der Waals surface area contributed by atoms with Crippen molar-refractivity contribution in [3.05, 3.63) is 58.2 Å². The van der Waals surface area contributed by atoms with Crippen LogP contribution in [0.2, 0.25) is 10.0 Å². The van der Waals surface area contributed by atoms with Crippen LogP contribution in [0.15, 0.2) is 42.6 Å². The molecule has 0 saturated heterocycles. The zero-order valence-corrected chi connectivity index (χ0v) is 16.3. The summed E-state index contributed by atoms with van der Waals surface area (Å²) in [5.74, 6) is 0.493. The molecule has 0 spiro atoms. The molecular weight excluding hydrogens is 399 g/mol. The number of aliphatic hydroxyl groups is 1. The number of hydrogen-bond donors (Lipinski definition) is 4. The SMILES string of the molecule is O=C(Nc1cccc(Cl)c1)NC1[C@H]2CC(O)(c3cc(Cl)cc4[nH]ncc34)C[C@@H]12. The Hall–Kier alpha value is -2.28. The van der Waals surface area contributed by atoms with Crippen LogP contribution in [0.4, 0.5) is 10.5 Å². The van der Waals surface area contributed by atoms with Crippen molar-refractivity contribution in [3.8, 4) is 0 Å². The van der Waals surface area contributed by atoms with Crippen molar-refractivity contribution >= 4 is 45.8 Å². The van der Waals surface area contributed by atoms with Gasteiger partial charge in [0.25, 0.3) is 0 Å². The predicted molar refractivity (Wildman–Crippen MR) is 109 cm³/mol. The number of urea groups is 1. The number of carbonyl (C=O) groups is 1. The zero-order valence-electron chi connectivity index (χ0n) is 14.7. The lowest BCUT2D eigenvalue weighted by molar-refractivity contribution is 0.0300. The number of aromatic amines is 1. The van der Waals surface area contributed by atoms with E-state index in [1.807, 2.05) is 6.07 Å². The van der Waals surface area contributed by atoms with Crippen LogP contribution < -0.4 is 10.6 Å². The summed E-state index contributed by atoms with van der Waals surface area (Å²) in [4.78, 5) is 12.3. The Morgan fingerprint density at radius 2 is 1.96 bits per heavy atom. The number of H-pyrrole nitrogens is 1. The number of benzene rings is 2. The summed E-state index contributed by atoms with van der Waals surface area (Å²) in [5, 5.41) is 26.1. The van der Waals surface area contributed by atoms with E-state index in [0.29, 0.717) is 28.6 Å². The molecule has 28 heavy (non-hydrogen) atoms. The fourth-order valence-corrected chi connectivity index (χ4v) is 4.99. The lowest BCUT2D eigenvalue weighted by Crippen LogP contribution is -2.36. The summed E-state index contributed by atoms with van der Waals surface area (Å²) in [6.07, 6.45) is 2.89. The Kier molecular flexibility index (Phi) is 4.05. The number of anilines is 1. The van der Waals surface area contributed by atoms with Gasteiger partial charge in [0, 0.05) is 27.2 Å². The highest BCUT2D eigenvalue weighted by molar-refractivity contribution is 6.31. The minimum atomic E-state index is -0.954. The predicted octanol–water partition coefficient (Wildman–Crippen LogP) is 4.29. The number of fused-ring (bicyclic) bond motifs is 2. The first kappa shape index (κ1) is 17.8. The molecule has 2 aromatic carbocycles. The van der Waals surface area contributed by atoms with E-state index in [0.717, 1.165) is 16.5 Å². The van der Waals surface area contributed by atoms with Crippen LogP contribution >= 0.6 is 23.2 Å². The molecule has 4 N–H and O–H groups in total. The maximum Gasteiger partial charge on any atom is 0.319 e. The van der Waals surface area contributed by atoms with E-state index >= 15 is 0 Å². The van der Waals surface area contributed by atoms with Crippen molar-refractivity contribution in [2.75, 3.05) is 5.32 Å². The van der Waals surface area contributed by atoms with Crippen LogP contribution in [0.25, 0.3) is 10.9 Å². The van der Waals surface area contributed by atoms with Gasteiger partial charge in [0.05, 0.1) is 17.3 Å². The quantitative estimate of drug-likeness (QED) is 0.513. The van der Waals surface area contributed by atoms with E-state index in [9.17, 15) is 9.90 Å². The third-order valence-electron chi connectivity index (χ3n) is 5.88. The second kappa shape index (κ2) is 6.37. The third-order valence-corrected chi connectivity index (χ3v) is 6.34. The molecule has 3 aromatic rings. The van der Waals surface area contributed by atoms with Crippen molar-refractivity contribution in [2.45, 2.75) is 24.5 Å². The Balaban J connectivity index is 1.26. The van der Waals surface area contributed by atoms with E-state index in [-0.39, 0.29) is 23.9 Å². The number of nitrogens with one attached hydrogen (secondary N) is 3.